The lowest BCUT2D eigenvalue weighted by Crippen LogP contribution is -1.96. The van der Waals surface area contributed by atoms with Crippen molar-refractivity contribution in [1.29, 1.82) is 0 Å². The van der Waals surface area contributed by atoms with Crippen molar-refractivity contribution in [2.45, 2.75) is 17.2 Å². The fraction of sp³-hybridized carbons (Fsp3) is 0.143. The largest absolute Gasteiger partial charge is 0.326 e. The zero-order chi connectivity index (χ0) is 14.5. The Morgan fingerprint density at radius 1 is 1.20 bits per heavy atom. The molecule has 2 aromatic carbocycles. The Labute approximate surface area is 119 Å². The first kappa shape index (κ1) is 14.5. The molecule has 0 heterocycles. The zero-order valence-electron chi connectivity index (χ0n) is 10.6. The second kappa shape index (κ2) is 6.49. The summed E-state index contributed by atoms with van der Waals surface area (Å²) in [4.78, 5) is 11.4. The maximum Gasteiger partial charge on any atom is 0.273 e. The summed E-state index contributed by atoms with van der Waals surface area (Å²) >= 11 is 1.42. The average molecular weight is 292 g/mol. The highest BCUT2D eigenvalue weighted by molar-refractivity contribution is 7.98. The van der Waals surface area contributed by atoms with Crippen LogP contribution in [0.2, 0.25) is 0 Å². The molecule has 4 nitrogen and oxygen atoms in total. The van der Waals surface area contributed by atoms with Crippen LogP contribution in [0.25, 0.3) is 0 Å². The third-order valence-electron chi connectivity index (χ3n) is 2.79. The van der Waals surface area contributed by atoms with Crippen molar-refractivity contribution < 1.29 is 9.31 Å². The maximum atomic E-state index is 13.2. The molecule has 0 saturated carbocycles. The fourth-order valence-electron chi connectivity index (χ4n) is 1.73. The molecule has 6 heteroatoms. The van der Waals surface area contributed by atoms with Crippen LogP contribution < -0.4 is 5.73 Å². The van der Waals surface area contributed by atoms with E-state index in [4.69, 9.17) is 5.73 Å². The van der Waals surface area contributed by atoms with Crippen LogP contribution in [-0.4, -0.2) is 4.92 Å². The van der Waals surface area contributed by atoms with Crippen molar-refractivity contribution in [2.75, 3.05) is 0 Å². The standard InChI is InChI=1S/C14H13FN2O2S/c15-12-3-6-14(17(18)19)11(7-12)9-20-13-4-1-10(8-16)2-5-13/h1-7H,8-9,16H2. The van der Waals surface area contributed by atoms with Crippen LogP contribution in [0.4, 0.5) is 10.1 Å². The highest BCUT2D eigenvalue weighted by Crippen LogP contribution is 2.28. The smallest absolute Gasteiger partial charge is 0.273 e. The van der Waals surface area contributed by atoms with E-state index in [1.807, 2.05) is 24.3 Å². The van der Waals surface area contributed by atoms with E-state index in [9.17, 15) is 14.5 Å². The summed E-state index contributed by atoms with van der Waals surface area (Å²) in [7, 11) is 0. The number of nitrogens with zero attached hydrogens (tertiary/aromatic N) is 1. The van der Waals surface area contributed by atoms with Gasteiger partial charge in [0, 0.05) is 28.8 Å². The van der Waals surface area contributed by atoms with E-state index in [2.05, 4.69) is 0 Å². The number of nitro groups is 1. The van der Waals surface area contributed by atoms with Gasteiger partial charge in [-0.05, 0) is 29.8 Å². The lowest BCUT2D eigenvalue weighted by atomic mass is 10.2. The molecule has 0 fully saturated rings. The van der Waals surface area contributed by atoms with Gasteiger partial charge in [-0.2, -0.15) is 0 Å². The number of nitro benzene ring substituents is 1. The molecule has 0 aliphatic rings. The van der Waals surface area contributed by atoms with E-state index in [-0.39, 0.29) is 5.69 Å². The first-order chi connectivity index (χ1) is 9.60. The molecule has 104 valence electrons. The van der Waals surface area contributed by atoms with E-state index in [1.165, 1.54) is 23.9 Å². The quantitative estimate of drug-likeness (QED) is 0.520. The van der Waals surface area contributed by atoms with Crippen LogP contribution in [-0.2, 0) is 12.3 Å². The van der Waals surface area contributed by atoms with Gasteiger partial charge in [0.25, 0.3) is 5.69 Å². The first-order valence-electron chi connectivity index (χ1n) is 5.95. The Morgan fingerprint density at radius 2 is 1.90 bits per heavy atom. The molecule has 0 unspecified atom stereocenters. The third-order valence-corrected chi connectivity index (χ3v) is 3.85. The van der Waals surface area contributed by atoms with E-state index in [0.717, 1.165) is 16.5 Å². The van der Waals surface area contributed by atoms with Crippen molar-refractivity contribution in [3.8, 4) is 0 Å². The minimum atomic E-state index is -0.493. The molecule has 0 aliphatic heterocycles. The molecule has 20 heavy (non-hydrogen) atoms. The summed E-state index contributed by atoms with van der Waals surface area (Å²) in [5, 5.41) is 10.9. The number of thioether (sulfide) groups is 1. The fourth-order valence-corrected chi connectivity index (χ4v) is 2.61. The van der Waals surface area contributed by atoms with Gasteiger partial charge in [-0.1, -0.05) is 12.1 Å². The van der Waals surface area contributed by atoms with Crippen molar-refractivity contribution in [1.82, 2.24) is 0 Å². The maximum absolute atomic E-state index is 13.2. The van der Waals surface area contributed by atoms with Gasteiger partial charge in [0.2, 0.25) is 0 Å². The molecule has 0 aromatic heterocycles. The summed E-state index contributed by atoms with van der Waals surface area (Å²) in [5.41, 5.74) is 6.85. The van der Waals surface area contributed by atoms with Gasteiger partial charge >= 0.3 is 0 Å². The molecule has 0 aliphatic carbocycles. The molecule has 0 spiro atoms. The van der Waals surface area contributed by atoms with E-state index in [1.54, 1.807) is 0 Å². The summed E-state index contributed by atoms with van der Waals surface area (Å²) < 4.78 is 13.2. The second-order valence-corrected chi connectivity index (χ2v) is 5.22. The number of hydrogen-bond donors (Lipinski definition) is 1. The topological polar surface area (TPSA) is 69.2 Å². The number of halogens is 1. The molecular weight excluding hydrogens is 279 g/mol. The number of hydrogen-bond acceptors (Lipinski definition) is 4. The van der Waals surface area contributed by atoms with Crippen LogP contribution in [0.1, 0.15) is 11.1 Å². The van der Waals surface area contributed by atoms with Gasteiger partial charge in [-0.25, -0.2) is 4.39 Å². The Bertz CT molecular complexity index is 617. The normalized spacial score (nSPS) is 10.5. The molecule has 0 bridgehead atoms. The summed E-state index contributed by atoms with van der Waals surface area (Å²) in [5.74, 6) is -0.125. The predicted octanol–water partition coefficient (Wildman–Crippen LogP) is 3.48. The molecule has 0 atom stereocenters. The van der Waals surface area contributed by atoms with Gasteiger partial charge in [0.15, 0.2) is 0 Å². The zero-order valence-corrected chi connectivity index (χ0v) is 11.4. The van der Waals surface area contributed by atoms with Gasteiger partial charge in [0.05, 0.1) is 4.92 Å². The Hall–Kier alpha value is -1.92. The van der Waals surface area contributed by atoms with Crippen molar-refractivity contribution in [3.63, 3.8) is 0 Å². The van der Waals surface area contributed by atoms with Crippen molar-refractivity contribution >= 4 is 17.4 Å². The lowest BCUT2D eigenvalue weighted by molar-refractivity contribution is -0.385. The van der Waals surface area contributed by atoms with E-state index >= 15 is 0 Å². The van der Waals surface area contributed by atoms with Crippen LogP contribution in [0, 0.1) is 15.9 Å². The minimum Gasteiger partial charge on any atom is -0.326 e. The Kier molecular flexibility index (Phi) is 4.70. The van der Waals surface area contributed by atoms with Crippen LogP contribution >= 0.6 is 11.8 Å². The average Bonchev–Trinajstić information content (AvgIpc) is 2.45. The lowest BCUT2D eigenvalue weighted by Gasteiger charge is -2.04. The van der Waals surface area contributed by atoms with Crippen LogP contribution in [0.15, 0.2) is 47.4 Å². The molecule has 2 rings (SSSR count). The monoisotopic (exact) mass is 292 g/mol. The molecule has 0 amide bonds. The summed E-state index contributed by atoms with van der Waals surface area (Å²) in [6.45, 7) is 0.473. The first-order valence-corrected chi connectivity index (χ1v) is 6.93. The highest BCUT2D eigenvalue weighted by atomic mass is 32.2. The highest BCUT2D eigenvalue weighted by Gasteiger charge is 2.14. The van der Waals surface area contributed by atoms with E-state index in [0.29, 0.717) is 17.9 Å². The molecule has 2 aromatic rings. The second-order valence-electron chi connectivity index (χ2n) is 4.17. The van der Waals surface area contributed by atoms with Crippen LogP contribution in [0.5, 0.6) is 0 Å². The Morgan fingerprint density at radius 3 is 2.50 bits per heavy atom. The minimum absolute atomic E-state index is 0.0579. The van der Waals surface area contributed by atoms with Crippen molar-refractivity contribution in [2.24, 2.45) is 5.73 Å². The number of benzene rings is 2. The molecule has 0 saturated heterocycles. The predicted molar refractivity (Wildman–Crippen MR) is 76.9 cm³/mol. The van der Waals surface area contributed by atoms with Crippen LogP contribution in [0.3, 0.4) is 0 Å². The van der Waals surface area contributed by atoms with E-state index < -0.39 is 10.7 Å². The van der Waals surface area contributed by atoms with Gasteiger partial charge in [-0.3, -0.25) is 10.1 Å². The summed E-state index contributed by atoms with van der Waals surface area (Å²) in [6.07, 6.45) is 0. The van der Waals surface area contributed by atoms with Gasteiger partial charge < -0.3 is 5.73 Å². The van der Waals surface area contributed by atoms with Gasteiger partial charge in [0.1, 0.15) is 5.82 Å². The van der Waals surface area contributed by atoms with Crippen molar-refractivity contribution in [3.05, 3.63) is 69.5 Å². The SMILES string of the molecule is NCc1ccc(SCc2cc(F)ccc2[N+](=O)[O-])cc1. The Balaban J connectivity index is 2.13. The molecular formula is C14H13FN2O2S. The van der Waals surface area contributed by atoms with Gasteiger partial charge in [-0.15, -0.1) is 11.8 Å². The summed E-state index contributed by atoms with van der Waals surface area (Å²) in [6, 6.07) is 11.1. The number of nitrogens with two attached hydrogens (primary N) is 1. The molecule has 0 radical (unpaired) electrons. The third kappa shape index (κ3) is 3.55. The number of rotatable bonds is 5. The molecule has 2 N–H and O–H groups in total.